The third-order valence-electron chi connectivity index (χ3n) is 3.81. The molecule has 3 aromatic rings. The number of nitrogens with zero attached hydrogens (tertiary/aromatic N) is 1. The van der Waals surface area contributed by atoms with Crippen LogP contribution in [0.25, 0.3) is 17.0 Å². The Morgan fingerprint density at radius 1 is 1.19 bits per heavy atom. The average Bonchev–Trinajstić information content (AvgIpc) is 3.10. The van der Waals surface area contributed by atoms with Crippen LogP contribution in [0.2, 0.25) is 0 Å². The molecule has 1 heterocycles. The molecule has 1 amide bonds. The van der Waals surface area contributed by atoms with E-state index in [9.17, 15) is 13.2 Å². The summed E-state index contributed by atoms with van der Waals surface area (Å²) in [4.78, 5) is 11.2. The van der Waals surface area contributed by atoms with Gasteiger partial charge in [0.1, 0.15) is 5.75 Å². The number of methoxy groups -OCH3 is 1. The molecule has 2 aromatic carbocycles. The number of carbonyl (C=O) groups is 1. The Kier molecular flexibility index (Phi) is 4.79. The van der Waals surface area contributed by atoms with Gasteiger partial charge in [-0.1, -0.05) is 12.1 Å². The molecule has 0 atom stereocenters. The molecular formula is C18H16N2O5S. The molecule has 0 bridgehead atoms. The lowest BCUT2D eigenvalue weighted by atomic mass is 10.2. The van der Waals surface area contributed by atoms with Crippen molar-refractivity contribution < 1.29 is 23.2 Å². The number of hydroxylamine groups is 1. The van der Waals surface area contributed by atoms with E-state index in [4.69, 9.17) is 9.94 Å². The van der Waals surface area contributed by atoms with E-state index in [0.717, 1.165) is 11.5 Å². The van der Waals surface area contributed by atoms with Gasteiger partial charge in [0.15, 0.2) is 0 Å². The van der Waals surface area contributed by atoms with E-state index in [-0.39, 0.29) is 4.90 Å². The molecule has 0 aliphatic heterocycles. The van der Waals surface area contributed by atoms with E-state index < -0.39 is 15.9 Å². The summed E-state index contributed by atoms with van der Waals surface area (Å²) in [6, 6.07) is 13.0. The van der Waals surface area contributed by atoms with E-state index in [1.807, 2.05) is 0 Å². The van der Waals surface area contributed by atoms with Crippen LogP contribution in [0.4, 0.5) is 0 Å². The molecule has 3 rings (SSSR count). The van der Waals surface area contributed by atoms with Gasteiger partial charge in [0.25, 0.3) is 15.9 Å². The molecule has 7 nitrogen and oxygen atoms in total. The predicted octanol–water partition coefficient (Wildman–Crippen LogP) is 2.41. The van der Waals surface area contributed by atoms with E-state index in [0.29, 0.717) is 16.8 Å². The molecule has 8 heteroatoms. The van der Waals surface area contributed by atoms with Crippen LogP contribution in [0, 0.1) is 0 Å². The second-order valence-corrected chi connectivity index (χ2v) is 7.24. The molecule has 0 radical (unpaired) electrons. The zero-order chi connectivity index (χ0) is 18.7. The number of benzene rings is 2. The highest BCUT2D eigenvalue weighted by Gasteiger charge is 2.19. The highest BCUT2D eigenvalue weighted by Crippen LogP contribution is 2.26. The third-order valence-corrected chi connectivity index (χ3v) is 5.50. The SMILES string of the molecule is COc1ccc2c(ccn2S(=O)(=O)c2cccc(/C=C/C(=O)NO)c2)c1. The van der Waals surface area contributed by atoms with Gasteiger partial charge in [-0.15, -0.1) is 0 Å². The molecule has 134 valence electrons. The lowest BCUT2D eigenvalue weighted by Crippen LogP contribution is -2.14. The Hall–Kier alpha value is -3.10. The number of ether oxygens (including phenoxy) is 1. The number of fused-ring (bicyclic) bond motifs is 1. The van der Waals surface area contributed by atoms with Gasteiger partial charge in [-0.3, -0.25) is 10.0 Å². The fourth-order valence-corrected chi connectivity index (χ4v) is 3.94. The summed E-state index contributed by atoms with van der Waals surface area (Å²) in [6.45, 7) is 0. The number of aromatic nitrogens is 1. The fourth-order valence-electron chi connectivity index (χ4n) is 2.53. The maximum Gasteiger partial charge on any atom is 0.268 e. The van der Waals surface area contributed by atoms with Gasteiger partial charge in [-0.2, -0.15) is 0 Å². The van der Waals surface area contributed by atoms with Crippen LogP contribution in [0.15, 0.2) is 65.7 Å². The van der Waals surface area contributed by atoms with Gasteiger partial charge < -0.3 is 4.74 Å². The highest BCUT2D eigenvalue weighted by atomic mass is 32.2. The van der Waals surface area contributed by atoms with Crippen LogP contribution in [0.3, 0.4) is 0 Å². The van der Waals surface area contributed by atoms with Crippen molar-refractivity contribution in [2.45, 2.75) is 4.90 Å². The van der Waals surface area contributed by atoms with Crippen LogP contribution < -0.4 is 10.2 Å². The monoisotopic (exact) mass is 372 g/mol. The number of hydrogen-bond donors (Lipinski definition) is 2. The Morgan fingerprint density at radius 2 is 2.00 bits per heavy atom. The van der Waals surface area contributed by atoms with Crippen molar-refractivity contribution in [3.63, 3.8) is 0 Å². The quantitative estimate of drug-likeness (QED) is 0.407. The minimum absolute atomic E-state index is 0.0809. The number of hydrogen-bond acceptors (Lipinski definition) is 5. The van der Waals surface area contributed by atoms with Gasteiger partial charge in [0.2, 0.25) is 0 Å². The summed E-state index contributed by atoms with van der Waals surface area (Å²) in [7, 11) is -2.27. The number of amides is 1. The Labute approximate surface area is 150 Å². The molecule has 26 heavy (non-hydrogen) atoms. The lowest BCUT2D eigenvalue weighted by Gasteiger charge is -2.09. The molecule has 1 aromatic heterocycles. The van der Waals surface area contributed by atoms with E-state index in [2.05, 4.69) is 0 Å². The maximum absolute atomic E-state index is 13.0. The summed E-state index contributed by atoms with van der Waals surface area (Å²) < 4.78 is 32.4. The zero-order valence-corrected chi connectivity index (χ0v) is 14.6. The Morgan fingerprint density at radius 3 is 2.73 bits per heavy atom. The topological polar surface area (TPSA) is 97.6 Å². The minimum Gasteiger partial charge on any atom is -0.497 e. The minimum atomic E-state index is -3.82. The third kappa shape index (κ3) is 3.32. The molecule has 2 N–H and O–H groups in total. The molecular weight excluding hydrogens is 356 g/mol. The second kappa shape index (κ2) is 7.03. The summed E-state index contributed by atoms with van der Waals surface area (Å²) >= 11 is 0. The van der Waals surface area contributed by atoms with Crippen molar-refractivity contribution in [1.29, 1.82) is 0 Å². The molecule has 0 fully saturated rings. The van der Waals surface area contributed by atoms with Crippen LogP contribution in [0.5, 0.6) is 5.75 Å². The van der Waals surface area contributed by atoms with Crippen LogP contribution in [-0.4, -0.2) is 30.6 Å². The van der Waals surface area contributed by atoms with Crippen LogP contribution in [0.1, 0.15) is 5.56 Å². The van der Waals surface area contributed by atoms with Crippen molar-refractivity contribution >= 4 is 32.9 Å². The second-order valence-electron chi connectivity index (χ2n) is 5.42. The number of rotatable bonds is 5. The van der Waals surface area contributed by atoms with Crippen molar-refractivity contribution in [3.05, 3.63) is 66.4 Å². The first-order chi connectivity index (χ1) is 12.5. The van der Waals surface area contributed by atoms with E-state index in [1.54, 1.807) is 43.5 Å². The van der Waals surface area contributed by atoms with Crippen molar-refractivity contribution in [2.24, 2.45) is 0 Å². The highest BCUT2D eigenvalue weighted by molar-refractivity contribution is 7.90. The number of nitrogens with one attached hydrogen (secondary N) is 1. The largest absolute Gasteiger partial charge is 0.497 e. The molecule has 0 saturated heterocycles. The van der Waals surface area contributed by atoms with Gasteiger partial charge in [-0.25, -0.2) is 17.9 Å². The molecule has 0 aliphatic rings. The van der Waals surface area contributed by atoms with Gasteiger partial charge in [0.05, 0.1) is 17.5 Å². The first kappa shape index (κ1) is 17.7. The summed E-state index contributed by atoms with van der Waals surface area (Å²) in [5.41, 5.74) is 2.51. The van der Waals surface area contributed by atoms with E-state index >= 15 is 0 Å². The van der Waals surface area contributed by atoms with Gasteiger partial charge in [-0.05, 0) is 48.0 Å². The average molecular weight is 372 g/mol. The van der Waals surface area contributed by atoms with Crippen molar-refractivity contribution in [1.82, 2.24) is 9.45 Å². The standard InChI is InChI=1S/C18H16N2O5S/c1-25-15-6-7-17-14(12-15)9-10-20(17)26(23,24)16-4-2-3-13(11-16)5-8-18(21)19-22/h2-12,22H,1H3,(H,19,21)/b8-5+. The molecule has 0 spiro atoms. The summed E-state index contributed by atoms with van der Waals surface area (Å²) in [5, 5.41) is 9.24. The Balaban J connectivity index is 2.03. The maximum atomic E-state index is 13.0. The number of carbonyl (C=O) groups excluding carboxylic acids is 1. The van der Waals surface area contributed by atoms with Gasteiger partial charge >= 0.3 is 0 Å². The zero-order valence-electron chi connectivity index (χ0n) is 13.8. The molecule has 0 unspecified atom stereocenters. The molecule has 0 aliphatic carbocycles. The lowest BCUT2D eigenvalue weighted by molar-refractivity contribution is -0.124. The summed E-state index contributed by atoms with van der Waals surface area (Å²) in [5.74, 6) is -0.0643. The first-order valence-corrected chi connectivity index (χ1v) is 9.02. The summed E-state index contributed by atoms with van der Waals surface area (Å²) in [6.07, 6.45) is 3.99. The van der Waals surface area contributed by atoms with Crippen LogP contribution >= 0.6 is 0 Å². The normalized spacial score (nSPS) is 11.8. The van der Waals surface area contributed by atoms with Crippen molar-refractivity contribution in [3.8, 4) is 5.75 Å². The smallest absolute Gasteiger partial charge is 0.268 e. The van der Waals surface area contributed by atoms with Crippen LogP contribution in [-0.2, 0) is 14.8 Å². The molecule has 0 saturated carbocycles. The van der Waals surface area contributed by atoms with Crippen molar-refractivity contribution in [2.75, 3.05) is 7.11 Å². The van der Waals surface area contributed by atoms with Gasteiger partial charge in [0, 0.05) is 17.7 Å². The van der Waals surface area contributed by atoms with E-state index in [1.165, 1.54) is 33.9 Å². The fraction of sp³-hybridized carbons (Fsp3) is 0.0556. The first-order valence-electron chi connectivity index (χ1n) is 7.58. The predicted molar refractivity (Wildman–Crippen MR) is 96.5 cm³/mol. The Bertz CT molecular complexity index is 1100.